The van der Waals surface area contributed by atoms with Crippen LogP contribution in [0.25, 0.3) is 0 Å². The number of likely N-dealkylation sites (tertiary alicyclic amines) is 1. The maximum Gasteiger partial charge on any atom is 0.276 e. The molecule has 0 saturated carbocycles. The quantitative estimate of drug-likeness (QED) is 0.760. The number of rotatable bonds is 7. The van der Waals surface area contributed by atoms with Crippen LogP contribution in [0.2, 0.25) is 0 Å². The van der Waals surface area contributed by atoms with Crippen LogP contribution in [0.1, 0.15) is 42.9 Å². The van der Waals surface area contributed by atoms with Crippen LogP contribution in [-0.2, 0) is 13.1 Å². The number of hydrogen-bond acceptors (Lipinski definition) is 5. The highest BCUT2D eigenvalue weighted by Gasteiger charge is 2.22. The molecule has 2 aromatic rings. The maximum absolute atomic E-state index is 12.4. The molecule has 0 aliphatic carbocycles. The van der Waals surface area contributed by atoms with Crippen molar-refractivity contribution in [3.05, 3.63) is 42.0 Å². The Hall–Kier alpha value is -2.28. The largest absolute Gasteiger partial charge is 0.338 e. The van der Waals surface area contributed by atoms with Crippen molar-refractivity contribution in [3.8, 4) is 0 Å². The standard InChI is InChI=1S/C19H28N6O/c1-3-24(4-2)19(26)18-15-25(22-21-18)13-16-8-7-11-23(12-16)14-17-9-5-6-10-20-17/h5-6,9-10,15-16H,3-4,7-8,11-14H2,1-2H3. The molecule has 1 atom stereocenters. The number of piperidine rings is 1. The Labute approximate surface area is 155 Å². The molecular weight excluding hydrogens is 328 g/mol. The number of carbonyl (C=O) groups is 1. The summed E-state index contributed by atoms with van der Waals surface area (Å²) in [4.78, 5) is 21.0. The van der Waals surface area contributed by atoms with E-state index < -0.39 is 0 Å². The van der Waals surface area contributed by atoms with Crippen molar-refractivity contribution >= 4 is 5.91 Å². The van der Waals surface area contributed by atoms with Crippen molar-refractivity contribution in [1.29, 1.82) is 0 Å². The van der Waals surface area contributed by atoms with E-state index >= 15 is 0 Å². The normalized spacial score (nSPS) is 18.0. The molecule has 2 aromatic heterocycles. The Balaban J connectivity index is 1.56. The summed E-state index contributed by atoms with van der Waals surface area (Å²) in [7, 11) is 0. The fourth-order valence-corrected chi connectivity index (χ4v) is 3.59. The second-order valence-electron chi connectivity index (χ2n) is 6.87. The summed E-state index contributed by atoms with van der Waals surface area (Å²) >= 11 is 0. The summed E-state index contributed by atoms with van der Waals surface area (Å²) in [6.45, 7) is 9.15. The van der Waals surface area contributed by atoms with Crippen molar-refractivity contribution in [3.63, 3.8) is 0 Å². The lowest BCUT2D eigenvalue weighted by Crippen LogP contribution is -2.36. The van der Waals surface area contributed by atoms with Crippen molar-refractivity contribution < 1.29 is 4.79 Å². The Bertz CT molecular complexity index is 697. The second kappa shape index (κ2) is 8.89. The van der Waals surface area contributed by atoms with E-state index in [1.807, 2.05) is 36.9 Å². The second-order valence-corrected chi connectivity index (χ2v) is 6.87. The van der Waals surface area contributed by atoms with E-state index in [0.717, 1.165) is 31.9 Å². The van der Waals surface area contributed by atoms with Gasteiger partial charge >= 0.3 is 0 Å². The smallest absolute Gasteiger partial charge is 0.276 e. The van der Waals surface area contributed by atoms with Gasteiger partial charge in [0.1, 0.15) is 0 Å². The van der Waals surface area contributed by atoms with Crippen LogP contribution < -0.4 is 0 Å². The first kappa shape index (κ1) is 18.5. The zero-order valence-electron chi connectivity index (χ0n) is 15.7. The highest BCUT2D eigenvalue weighted by molar-refractivity contribution is 5.91. The van der Waals surface area contributed by atoms with Gasteiger partial charge in [0.2, 0.25) is 0 Å². The first-order chi connectivity index (χ1) is 12.7. The van der Waals surface area contributed by atoms with E-state index in [4.69, 9.17) is 0 Å². The summed E-state index contributed by atoms with van der Waals surface area (Å²) in [5, 5.41) is 8.26. The van der Waals surface area contributed by atoms with Crippen LogP contribution in [-0.4, -0.2) is 61.9 Å². The van der Waals surface area contributed by atoms with Crippen molar-refractivity contribution in [2.24, 2.45) is 5.92 Å². The highest BCUT2D eigenvalue weighted by Crippen LogP contribution is 2.19. The molecular formula is C19H28N6O. The van der Waals surface area contributed by atoms with Gasteiger partial charge in [-0.2, -0.15) is 0 Å². The molecule has 0 spiro atoms. The van der Waals surface area contributed by atoms with E-state index in [-0.39, 0.29) is 5.91 Å². The number of hydrogen-bond donors (Lipinski definition) is 0. The minimum absolute atomic E-state index is 0.0401. The van der Waals surface area contributed by atoms with Gasteiger partial charge in [0.15, 0.2) is 5.69 Å². The van der Waals surface area contributed by atoms with E-state index in [2.05, 4.69) is 26.3 Å². The molecule has 1 aliphatic heterocycles. The maximum atomic E-state index is 12.4. The Kier molecular flexibility index (Phi) is 6.33. The van der Waals surface area contributed by atoms with Crippen LogP contribution in [0.4, 0.5) is 0 Å². The number of pyridine rings is 1. The zero-order chi connectivity index (χ0) is 18.4. The third-order valence-electron chi connectivity index (χ3n) is 4.97. The lowest BCUT2D eigenvalue weighted by Gasteiger charge is -2.32. The molecule has 1 saturated heterocycles. The molecule has 0 N–H and O–H groups in total. The monoisotopic (exact) mass is 356 g/mol. The van der Waals surface area contributed by atoms with Crippen molar-refractivity contribution in [2.75, 3.05) is 26.2 Å². The summed E-state index contributed by atoms with van der Waals surface area (Å²) < 4.78 is 1.83. The van der Waals surface area contributed by atoms with E-state index in [1.165, 1.54) is 12.8 Å². The summed E-state index contributed by atoms with van der Waals surface area (Å²) in [5.74, 6) is 0.479. The third-order valence-corrected chi connectivity index (χ3v) is 4.97. The van der Waals surface area contributed by atoms with E-state index in [1.54, 1.807) is 11.1 Å². The zero-order valence-corrected chi connectivity index (χ0v) is 15.7. The lowest BCUT2D eigenvalue weighted by atomic mass is 9.98. The molecule has 0 radical (unpaired) electrons. The fourth-order valence-electron chi connectivity index (χ4n) is 3.59. The summed E-state index contributed by atoms with van der Waals surface area (Å²) in [6, 6.07) is 6.06. The molecule has 3 heterocycles. The molecule has 3 rings (SSSR count). The molecule has 7 heteroatoms. The van der Waals surface area contributed by atoms with Gasteiger partial charge < -0.3 is 4.90 Å². The first-order valence-corrected chi connectivity index (χ1v) is 9.51. The number of nitrogens with zero attached hydrogens (tertiary/aromatic N) is 6. The molecule has 1 amide bonds. The van der Waals surface area contributed by atoms with Gasteiger partial charge in [0.25, 0.3) is 5.91 Å². The van der Waals surface area contributed by atoms with Gasteiger partial charge in [-0.25, -0.2) is 0 Å². The number of carbonyl (C=O) groups excluding carboxylic acids is 1. The molecule has 26 heavy (non-hydrogen) atoms. The number of amides is 1. The van der Waals surface area contributed by atoms with Crippen LogP contribution in [0.5, 0.6) is 0 Å². The van der Waals surface area contributed by atoms with Gasteiger partial charge in [-0.15, -0.1) is 5.10 Å². The van der Waals surface area contributed by atoms with Crippen molar-refractivity contribution in [2.45, 2.75) is 39.8 Å². The molecule has 0 bridgehead atoms. The average Bonchev–Trinajstić information content (AvgIpc) is 3.12. The molecule has 7 nitrogen and oxygen atoms in total. The van der Waals surface area contributed by atoms with Crippen LogP contribution >= 0.6 is 0 Å². The van der Waals surface area contributed by atoms with Gasteiger partial charge in [0, 0.05) is 38.9 Å². The summed E-state index contributed by atoms with van der Waals surface area (Å²) in [5.41, 5.74) is 1.55. The Morgan fingerprint density at radius 1 is 1.31 bits per heavy atom. The Morgan fingerprint density at radius 3 is 2.88 bits per heavy atom. The predicted octanol–water partition coefficient (Wildman–Crippen LogP) is 2.07. The highest BCUT2D eigenvalue weighted by atomic mass is 16.2. The van der Waals surface area contributed by atoms with Gasteiger partial charge in [0.05, 0.1) is 11.9 Å². The van der Waals surface area contributed by atoms with Gasteiger partial charge in [-0.3, -0.25) is 19.4 Å². The molecule has 0 aromatic carbocycles. The predicted molar refractivity (Wildman–Crippen MR) is 99.5 cm³/mol. The molecule has 1 aliphatic rings. The SMILES string of the molecule is CCN(CC)C(=O)c1cn(CC2CCCN(Cc3ccccn3)C2)nn1. The minimum Gasteiger partial charge on any atom is -0.338 e. The van der Waals surface area contributed by atoms with Gasteiger partial charge in [-0.05, 0) is 51.3 Å². The molecule has 1 fully saturated rings. The topological polar surface area (TPSA) is 67.2 Å². The number of aromatic nitrogens is 4. The first-order valence-electron chi connectivity index (χ1n) is 9.51. The van der Waals surface area contributed by atoms with Crippen LogP contribution in [0, 0.1) is 5.92 Å². The van der Waals surface area contributed by atoms with Crippen molar-refractivity contribution in [1.82, 2.24) is 29.8 Å². The van der Waals surface area contributed by atoms with Gasteiger partial charge in [-0.1, -0.05) is 11.3 Å². The van der Waals surface area contributed by atoms with E-state index in [0.29, 0.717) is 24.7 Å². The lowest BCUT2D eigenvalue weighted by molar-refractivity contribution is 0.0767. The van der Waals surface area contributed by atoms with E-state index in [9.17, 15) is 4.79 Å². The molecule has 1 unspecified atom stereocenters. The molecule has 140 valence electrons. The Morgan fingerprint density at radius 2 is 2.15 bits per heavy atom. The average molecular weight is 356 g/mol. The summed E-state index contributed by atoms with van der Waals surface area (Å²) in [6.07, 6.45) is 5.99. The fraction of sp³-hybridized carbons (Fsp3) is 0.579. The minimum atomic E-state index is -0.0401. The third kappa shape index (κ3) is 4.66. The van der Waals surface area contributed by atoms with Crippen LogP contribution in [0.3, 0.4) is 0 Å². The van der Waals surface area contributed by atoms with Crippen LogP contribution in [0.15, 0.2) is 30.6 Å².